The van der Waals surface area contributed by atoms with Crippen LogP contribution in [0.2, 0.25) is 0 Å². The van der Waals surface area contributed by atoms with Gasteiger partial charge in [-0.3, -0.25) is 0 Å². The Bertz CT molecular complexity index is 438. The maximum Gasteiger partial charge on any atom is 0.0483 e. The average Bonchev–Trinajstić information content (AvgIpc) is 2.56. The smallest absolute Gasteiger partial charge is 0.0483 e. The van der Waals surface area contributed by atoms with Crippen molar-refractivity contribution in [1.82, 2.24) is 4.57 Å². The average molecular weight is 203 g/mol. The Morgan fingerprint density at radius 2 is 1.87 bits per heavy atom. The van der Waals surface area contributed by atoms with Crippen LogP contribution in [-0.4, -0.2) is 4.57 Å². The highest BCUT2D eigenvalue weighted by molar-refractivity contribution is 5.84. The number of nitrogens with zero attached hydrogens (tertiary/aromatic N) is 1. The van der Waals surface area contributed by atoms with Gasteiger partial charge in [0.15, 0.2) is 0 Å². The molecule has 0 fully saturated rings. The van der Waals surface area contributed by atoms with E-state index in [-0.39, 0.29) is 7.43 Å². The van der Waals surface area contributed by atoms with E-state index in [0.717, 1.165) is 6.54 Å². The van der Waals surface area contributed by atoms with Gasteiger partial charge in [0, 0.05) is 23.6 Å². The summed E-state index contributed by atoms with van der Waals surface area (Å²) in [6.07, 6.45) is 2.29. The second-order valence-corrected chi connectivity index (χ2v) is 4.04. The van der Waals surface area contributed by atoms with Crippen LogP contribution in [0.3, 0.4) is 0 Å². The first-order valence-corrected chi connectivity index (χ1v) is 5.31. The molecule has 0 unspecified atom stereocenters. The quantitative estimate of drug-likeness (QED) is 0.681. The van der Waals surface area contributed by atoms with Gasteiger partial charge < -0.3 is 4.57 Å². The highest BCUT2D eigenvalue weighted by atomic mass is 14.9. The van der Waals surface area contributed by atoms with E-state index >= 15 is 0 Å². The van der Waals surface area contributed by atoms with Gasteiger partial charge in [0.1, 0.15) is 0 Å². The highest BCUT2D eigenvalue weighted by Crippen LogP contribution is 2.27. The lowest BCUT2D eigenvalue weighted by Crippen LogP contribution is -1.90. The number of para-hydroxylation sites is 1. The number of aryl methyl sites for hydroxylation is 1. The molecule has 82 valence electrons. The molecule has 0 N–H and O–H groups in total. The van der Waals surface area contributed by atoms with E-state index in [1.54, 1.807) is 0 Å². The monoisotopic (exact) mass is 203 g/mol. The Kier molecular flexibility index (Phi) is 3.57. The van der Waals surface area contributed by atoms with Crippen LogP contribution in [0.4, 0.5) is 0 Å². The fourth-order valence-electron chi connectivity index (χ4n) is 2.00. The molecular weight excluding hydrogens is 182 g/mol. The lowest BCUT2D eigenvalue weighted by molar-refractivity contribution is 0.780. The molecule has 1 nitrogen and oxygen atoms in total. The Balaban J connectivity index is 0.00000112. The molecule has 0 bridgehead atoms. The molecule has 1 aromatic heterocycles. The maximum absolute atomic E-state index is 2.32. The summed E-state index contributed by atoms with van der Waals surface area (Å²) in [4.78, 5) is 0. The standard InChI is InChI=1S/C13H17N.CH4/c1-4-14-9-12(10(2)3)11-7-5-6-8-13(11)14;/h5-10H,4H2,1-3H3;1H4. The zero-order chi connectivity index (χ0) is 10.1. The number of aromatic nitrogens is 1. The first-order chi connectivity index (χ1) is 6.74. The zero-order valence-corrected chi connectivity index (χ0v) is 9.12. The lowest BCUT2D eigenvalue weighted by Gasteiger charge is -2.00. The van der Waals surface area contributed by atoms with E-state index in [9.17, 15) is 0 Å². The molecule has 2 rings (SSSR count). The summed E-state index contributed by atoms with van der Waals surface area (Å²) < 4.78 is 2.32. The van der Waals surface area contributed by atoms with E-state index in [2.05, 4.69) is 55.8 Å². The molecule has 0 aliphatic heterocycles. The fourth-order valence-corrected chi connectivity index (χ4v) is 2.00. The SMILES string of the molecule is C.CCn1cc(C(C)C)c2ccccc21. The molecule has 0 spiro atoms. The molecule has 2 aromatic rings. The number of benzene rings is 1. The molecule has 15 heavy (non-hydrogen) atoms. The number of rotatable bonds is 2. The number of hydrogen-bond acceptors (Lipinski definition) is 0. The summed E-state index contributed by atoms with van der Waals surface area (Å²) in [5.41, 5.74) is 2.82. The van der Waals surface area contributed by atoms with Gasteiger partial charge in [-0.25, -0.2) is 0 Å². The maximum atomic E-state index is 2.32. The summed E-state index contributed by atoms with van der Waals surface area (Å²) in [7, 11) is 0. The first-order valence-electron chi connectivity index (χ1n) is 5.31. The van der Waals surface area contributed by atoms with Crippen molar-refractivity contribution in [3.05, 3.63) is 36.0 Å². The molecule has 1 heterocycles. The third-order valence-corrected chi connectivity index (χ3v) is 2.78. The van der Waals surface area contributed by atoms with E-state index in [4.69, 9.17) is 0 Å². The normalized spacial score (nSPS) is 10.7. The van der Waals surface area contributed by atoms with Crippen LogP contribution in [0.5, 0.6) is 0 Å². The van der Waals surface area contributed by atoms with Crippen molar-refractivity contribution in [2.75, 3.05) is 0 Å². The molecule has 0 saturated heterocycles. The topological polar surface area (TPSA) is 4.93 Å². The van der Waals surface area contributed by atoms with Crippen molar-refractivity contribution in [1.29, 1.82) is 0 Å². The third-order valence-electron chi connectivity index (χ3n) is 2.78. The van der Waals surface area contributed by atoms with Crippen LogP contribution >= 0.6 is 0 Å². The van der Waals surface area contributed by atoms with E-state index in [1.807, 2.05) is 0 Å². The minimum absolute atomic E-state index is 0. The van der Waals surface area contributed by atoms with Crippen molar-refractivity contribution in [3.63, 3.8) is 0 Å². The van der Waals surface area contributed by atoms with Crippen LogP contribution in [0.1, 0.15) is 39.7 Å². The van der Waals surface area contributed by atoms with Gasteiger partial charge in [-0.2, -0.15) is 0 Å². The Morgan fingerprint density at radius 3 is 2.47 bits per heavy atom. The molecule has 1 aromatic carbocycles. The van der Waals surface area contributed by atoms with Crippen molar-refractivity contribution >= 4 is 10.9 Å². The first kappa shape index (κ1) is 11.8. The third kappa shape index (κ3) is 1.92. The summed E-state index contributed by atoms with van der Waals surface area (Å²) >= 11 is 0. The summed E-state index contributed by atoms with van der Waals surface area (Å²) in [6.45, 7) is 7.74. The summed E-state index contributed by atoms with van der Waals surface area (Å²) in [5.74, 6) is 0.604. The Morgan fingerprint density at radius 1 is 1.20 bits per heavy atom. The van der Waals surface area contributed by atoms with Crippen LogP contribution < -0.4 is 0 Å². The van der Waals surface area contributed by atoms with Gasteiger partial charge in [0.05, 0.1) is 0 Å². The minimum atomic E-state index is 0. The lowest BCUT2D eigenvalue weighted by atomic mass is 10.0. The molecular formula is C14H21N. The van der Waals surface area contributed by atoms with Gasteiger partial charge in [0.2, 0.25) is 0 Å². The molecule has 0 aliphatic rings. The van der Waals surface area contributed by atoms with Gasteiger partial charge >= 0.3 is 0 Å². The highest BCUT2D eigenvalue weighted by Gasteiger charge is 2.09. The molecule has 0 atom stereocenters. The van der Waals surface area contributed by atoms with Crippen LogP contribution in [0, 0.1) is 0 Å². The zero-order valence-electron chi connectivity index (χ0n) is 9.12. The minimum Gasteiger partial charge on any atom is -0.347 e. The molecule has 0 aliphatic carbocycles. The fraction of sp³-hybridized carbons (Fsp3) is 0.429. The number of hydrogen-bond donors (Lipinski definition) is 0. The van der Waals surface area contributed by atoms with Crippen molar-refractivity contribution in [2.45, 2.75) is 40.7 Å². The second-order valence-electron chi connectivity index (χ2n) is 4.04. The van der Waals surface area contributed by atoms with E-state index < -0.39 is 0 Å². The predicted octanol–water partition coefficient (Wildman–Crippen LogP) is 4.42. The van der Waals surface area contributed by atoms with Crippen LogP contribution in [0.25, 0.3) is 10.9 Å². The van der Waals surface area contributed by atoms with Crippen molar-refractivity contribution in [2.24, 2.45) is 0 Å². The van der Waals surface area contributed by atoms with Crippen LogP contribution in [0.15, 0.2) is 30.5 Å². The molecule has 0 saturated carbocycles. The van der Waals surface area contributed by atoms with Gasteiger partial charge in [-0.05, 0) is 24.5 Å². The van der Waals surface area contributed by atoms with Gasteiger partial charge in [0.25, 0.3) is 0 Å². The molecule has 0 amide bonds. The summed E-state index contributed by atoms with van der Waals surface area (Å²) in [6, 6.07) is 8.65. The van der Waals surface area contributed by atoms with Gasteiger partial charge in [-0.1, -0.05) is 39.5 Å². The second kappa shape index (κ2) is 4.52. The Hall–Kier alpha value is -1.24. The predicted molar refractivity (Wildman–Crippen MR) is 68.4 cm³/mol. The van der Waals surface area contributed by atoms with Crippen LogP contribution in [-0.2, 0) is 6.54 Å². The van der Waals surface area contributed by atoms with Crippen molar-refractivity contribution in [3.8, 4) is 0 Å². The van der Waals surface area contributed by atoms with E-state index in [1.165, 1.54) is 16.5 Å². The van der Waals surface area contributed by atoms with Gasteiger partial charge in [-0.15, -0.1) is 0 Å². The number of fused-ring (bicyclic) bond motifs is 1. The Labute approximate surface area is 92.7 Å². The molecule has 1 heteroatoms. The van der Waals surface area contributed by atoms with E-state index in [0.29, 0.717) is 5.92 Å². The van der Waals surface area contributed by atoms with Crippen molar-refractivity contribution < 1.29 is 0 Å². The largest absolute Gasteiger partial charge is 0.347 e. The summed E-state index contributed by atoms with van der Waals surface area (Å²) in [5, 5.41) is 1.41. The molecule has 0 radical (unpaired) electrons.